The highest BCUT2D eigenvalue weighted by Gasteiger charge is 2.20. The minimum absolute atomic E-state index is 0.0161. The molecular weight excluding hydrogens is 703 g/mol. The van der Waals surface area contributed by atoms with Crippen molar-refractivity contribution in [1.29, 1.82) is 0 Å². The third kappa shape index (κ3) is 44.2. The van der Waals surface area contributed by atoms with E-state index < -0.39 is 18.2 Å². The van der Waals surface area contributed by atoms with Crippen LogP contribution in [0, 0.1) is 0 Å². The molecule has 0 aromatic heterocycles. The fourth-order valence-electron chi connectivity index (χ4n) is 8.04. The fraction of sp³-hybridized carbons (Fsp3) is 0.904. The van der Waals surface area contributed by atoms with E-state index in [1.807, 2.05) is 6.08 Å². The van der Waals surface area contributed by atoms with Crippen LogP contribution in [0.4, 0.5) is 0 Å². The number of rotatable bonds is 47. The van der Waals surface area contributed by atoms with Gasteiger partial charge in [0.25, 0.3) is 0 Å². The third-order valence-electron chi connectivity index (χ3n) is 12.0. The lowest BCUT2D eigenvalue weighted by molar-refractivity contribution is -0.124. The van der Waals surface area contributed by atoms with Crippen LogP contribution < -0.4 is 5.32 Å². The Morgan fingerprint density at radius 1 is 0.439 bits per heavy atom. The molecule has 0 saturated carbocycles. The van der Waals surface area contributed by atoms with E-state index in [0.717, 1.165) is 25.7 Å². The maximum atomic E-state index is 12.5. The summed E-state index contributed by atoms with van der Waals surface area (Å²) in [7, 11) is 0. The van der Waals surface area contributed by atoms with Crippen LogP contribution in [0.1, 0.15) is 277 Å². The Labute approximate surface area is 356 Å². The molecule has 3 unspecified atom stereocenters. The van der Waals surface area contributed by atoms with Crippen LogP contribution >= 0.6 is 0 Å². The second kappa shape index (κ2) is 47.5. The zero-order valence-electron chi connectivity index (χ0n) is 38.5. The monoisotopic (exact) mass is 804 g/mol. The maximum Gasteiger partial charge on any atom is 0.222 e. The van der Waals surface area contributed by atoms with Gasteiger partial charge in [-0.05, 0) is 44.9 Å². The van der Waals surface area contributed by atoms with Gasteiger partial charge in [0.15, 0.2) is 0 Å². The first-order valence-corrected chi connectivity index (χ1v) is 25.6. The summed E-state index contributed by atoms with van der Waals surface area (Å²) >= 11 is 0. The summed E-state index contributed by atoms with van der Waals surface area (Å²) in [5, 5.41) is 33.3. The Kier molecular flexibility index (Phi) is 46.5. The molecule has 0 aliphatic carbocycles. The van der Waals surface area contributed by atoms with Gasteiger partial charge in [0.1, 0.15) is 0 Å². The summed E-state index contributed by atoms with van der Waals surface area (Å²) in [5.41, 5.74) is 0. The van der Waals surface area contributed by atoms with E-state index in [9.17, 15) is 20.1 Å². The van der Waals surface area contributed by atoms with Gasteiger partial charge in [0.2, 0.25) is 5.91 Å². The van der Waals surface area contributed by atoms with Crippen LogP contribution in [-0.2, 0) is 4.79 Å². The van der Waals surface area contributed by atoms with Crippen LogP contribution in [0.3, 0.4) is 0 Å². The number of aliphatic hydroxyl groups is 3. The van der Waals surface area contributed by atoms with E-state index in [-0.39, 0.29) is 18.9 Å². The van der Waals surface area contributed by atoms with E-state index in [2.05, 4.69) is 31.3 Å². The molecule has 0 rings (SSSR count). The molecule has 0 spiro atoms. The number of unbranched alkanes of at least 4 members (excludes halogenated alkanes) is 36. The highest BCUT2D eigenvalue weighted by Crippen LogP contribution is 2.17. The van der Waals surface area contributed by atoms with Crippen molar-refractivity contribution < 1.29 is 20.1 Å². The van der Waals surface area contributed by atoms with Gasteiger partial charge in [0, 0.05) is 0 Å². The number of nitrogens with one attached hydrogen (secondary N) is 1. The molecule has 5 nitrogen and oxygen atoms in total. The molecule has 57 heavy (non-hydrogen) atoms. The third-order valence-corrected chi connectivity index (χ3v) is 12.0. The van der Waals surface area contributed by atoms with E-state index in [4.69, 9.17) is 0 Å². The molecule has 0 heterocycles. The molecule has 0 aromatic rings. The van der Waals surface area contributed by atoms with E-state index in [1.165, 1.54) is 225 Å². The second-order valence-electron chi connectivity index (χ2n) is 17.8. The van der Waals surface area contributed by atoms with Gasteiger partial charge in [-0.25, -0.2) is 0 Å². The number of allylic oxidation sites excluding steroid dienone is 3. The minimum Gasteiger partial charge on any atom is -0.394 e. The summed E-state index contributed by atoms with van der Waals surface area (Å²) in [5.74, 6) is -0.313. The maximum absolute atomic E-state index is 12.5. The van der Waals surface area contributed by atoms with Gasteiger partial charge < -0.3 is 20.6 Å². The van der Waals surface area contributed by atoms with E-state index >= 15 is 0 Å². The van der Waals surface area contributed by atoms with Crippen LogP contribution in [-0.4, -0.2) is 46.1 Å². The fourth-order valence-corrected chi connectivity index (χ4v) is 8.04. The van der Waals surface area contributed by atoms with Gasteiger partial charge in [-0.15, -0.1) is 0 Å². The number of hydrogen-bond acceptors (Lipinski definition) is 4. The van der Waals surface area contributed by atoms with Gasteiger partial charge in [-0.2, -0.15) is 0 Å². The zero-order valence-corrected chi connectivity index (χ0v) is 38.5. The quantitative estimate of drug-likeness (QED) is 0.0364. The predicted molar refractivity (Wildman–Crippen MR) is 250 cm³/mol. The summed E-state index contributed by atoms with van der Waals surface area (Å²) in [6.07, 6.45) is 59.3. The molecule has 0 fully saturated rings. The zero-order chi connectivity index (χ0) is 41.5. The van der Waals surface area contributed by atoms with Crippen molar-refractivity contribution in [3.05, 3.63) is 24.3 Å². The Balaban J connectivity index is 3.52. The Morgan fingerprint density at radius 3 is 1.07 bits per heavy atom. The first kappa shape index (κ1) is 55.8. The van der Waals surface area contributed by atoms with Gasteiger partial charge in [-0.3, -0.25) is 4.79 Å². The first-order valence-electron chi connectivity index (χ1n) is 25.6. The number of carbonyl (C=O) groups is 1. The topological polar surface area (TPSA) is 89.8 Å². The molecule has 0 radical (unpaired) electrons. The van der Waals surface area contributed by atoms with Crippen LogP contribution in [0.5, 0.6) is 0 Å². The van der Waals surface area contributed by atoms with E-state index in [0.29, 0.717) is 6.42 Å². The lowest BCUT2D eigenvalue weighted by Gasteiger charge is -2.21. The van der Waals surface area contributed by atoms with Crippen molar-refractivity contribution in [3.8, 4) is 0 Å². The molecule has 0 aliphatic heterocycles. The lowest BCUT2D eigenvalue weighted by Crippen LogP contribution is -2.45. The highest BCUT2D eigenvalue weighted by atomic mass is 16.3. The SMILES string of the molecule is CCCCCCCCCCCCC/C=C/C(O)C(CO)NC(=O)CC(O)CCCCCCCCCCCCCCC/C=C\CCCCCCCCCCCCCC. The number of amides is 1. The molecule has 5 heteroatoms. The lowest BCUT2D eigenvalue weighted by atomic mass is 10.0. The van der Waals surface area contributed by atoms with Crippen LogP contribution in [0.15, 0.2) is 24.3 Å². The van der Waals surface area contributed by atoms with Crippen molar-refractivity contribution in [1.82, 2.24) is 5.32 Å². The smallest absolute Gasteiger partial charge is 0.222 e. The van der Waals surface area contributed by atoms with E-state index in [1.54, 1.807) is 6.08 Å². The standard InChI is InChI=1S/C52H101NO4/c1-3-5-7-9-11-13-15-17-18-19-20-21-22-23-24-25-26-27-28-29-30-31-32-34-35-37-39-41-43-45-49(55)47-52(57)53-50(48-54)51(56)46-44-42-40-38-36-33-16-14-12-10-8-6-4-2/h23-24,44,46,49-51,54-56H,3-22,25-43,45,47-48H2,1-2H3,(H,53,57)/b24-23-,46-44+. The van der Waals surface area contributed by atoms with Crippen molar-refractivity contribution in [2.75, 3.05) is 6.61 Å². The molecule has 4 N–H and O–H groups in total. The van der Waals surface area contributed by atoms with Crippen molar-refractivity contribution in [2.45, 2.75) is 295 Å². The first-order chi connectivity index (χ1) is 28.0. The molecule has 338 valence electrons. The summed E-state index contributed by atoms with van der Waals surface area (Å²) in [4.78, 5) is 12.5. The Hall–Kier alpha value is -1.17. The highest BCUT2D eigenvalue weighted by molar-refractivity contribution is 5.76. The minimum atomic E-state index is -0.926. The molecule has 1 amide bonds. The van der Waals surface area contributed by atoms with Crippen molar-refractivity contribution in [2.24, 2.45) is 0 Å². The normalized spacial score (nSPS) is 13.6. The second-order valence-corrected chi connectivity index (χ2v) is 17.8. The van der Waals surface area contributed by atoms with Crippen LogP contribution in [0.25, 0.3) is 0 Å². The Bertz CT molecular complexity index is 844. The molecule has 0 bridgehead atoms. The molecule has 0 aliphatic rings. The summed E-state index contributed by atoms with van der Waals surface area (Å²) in [6.45, 7) is 4.23. The molecule has 0 aromatic carbocycles. The van der Waals surface area contributed by atoms with Gasteiger partial charge in [-0.1, -0.05) is 250 Å². The summed E-state index contributed by atoms with van der Waals surface area (Å²) in [6, 6.07) is -0.741. The van der Waals surface area contributed by atoms with Crippen molar-refractivity contribution in [3.63, 3.8) is 0 Å². The largest absolute Gasteiger partial charge is 0.394 e. The molecule has 0 saturated heterocycles. The average molecular weight is 804 g/mol. The molecular formula is C52H101NO4. The Morgan fingerprint density at radius 2 is 0.737 bits per heavy atom. The number of carbonyl (C=O) groups excluding carboxylic acids is 1. The van der Waals surface area contributed by atoms with Gasteiger partial charge >= 0.3 is 0 Å². The predicted octanol–water partition coefficient (Wildman–Crippen LogP) is 15.3. The van der Waals surface area contributed by atoms with Gasteiger partial charge in [0.05, 0.1) is 31.3 Å². The number of hydrogen-bond donors (Lipinski definition) is 4. The average Bonchev–Trinajstić information content (AvgIpc) is 3.20. The summed E-state index contributed by atoms with van der Waals surface area (Å²) < 4.78 is 0. The number of aliphatic hydroxyl groups excluding tert-OH is 3. The van der Waals surface area contributed by atoms with Crippen molar-refractivity contribution >= 4 is 5.91 Å². The van der Waals surface area contributed by atoms with Crippen LogP contribution in [0.2, 0.25) is 0 Å². The molecule has 3 atom stereocenters.